The lowest BCUT2D eigenvalue weighted by Crippen LogP contribution is -2.50. The van der Waals surface area contributed by atoms with Crippen LogP contribution in [0.5, 0.6) is 0 Å². The summed E-state index contributed by atoms with van der Waals surface area (Å²) in [6.07, 6.45) is 6.80. The van der Waals surface area contributed by atoms with Crippen LogP contribution in [0.4, 0.5) is 0 Å². The van der Waals surface area contributed by atoms with Crippen LogP contribution in [0.3, 0.4) is 0 Å². The molecule has 0 unspecified atom stereocenters. The molecule has 1 saturated heterocycles. The Hall–Kier alpha value is -3.13. The lowest BCUT2D eigenvalue weighted by molar-refractivity contribution is 0.0535. The second-order valence-electron chi connectivity index (χ2n) is 6.94. The molecule has 0 saturated carbocycles. The van der Waals surface area contributed by atoms with Crippen molar-refractivity contribution < 1.29 is 9.59 Å². The molecule has 0 atom stereocenters. The number of carbonyl (C=O) groups excluding carboxylic acids is 2. The summed E-state index contributed by atoms with van der Waals surface area (Å²) in [5, 5.41) is 0. The number of hydrogen-bond acceptors (Lipinski definition) is 3. The minimum Gasteiger partial charge on any atom is -0.335 e. The normalized spacial score (nSPS) is 14.1. The fraction of sp³-hybridized carbons (Fsp3) is 0.318. The molecule has 0 N–H and O–H groups in total. The van der Waals surface area contributed by atoms with Gasteiger partial charge >= 0.3 is 0 Å². The van der Waals surface area contributed by atoms with Gasteiger partial charge in [-0.25, -0.2) is 4.98 Å². The number of piperazine rings is 1. The summed E-state index contributed by atoms with van der Waals surface area (Å²) in [5.74, 6) is 2.75. The Morgan fingerprint density at radius 1 is 1.00 bits per heavy atom. The number of rotatable bonds is 3. The van der Waals surface area contributed by atoms with Crippen molar-refractivity contribution in [2.45, 2.75) is 19.8 Å². The van der Waals surface area contributed by atoms with Gasteiger partial charge in [-0.2, -0.15) is 0 Å². The molecule has 2 aromatic rings. The highest BCUT2D eigenvalue weighted by Crippen LogP contribution is 2.18. The molecule has 0 spiro atoms. The zero-order valence-electron chi connectivity index (χ0n) is 15.7. The van der Waals surface area contributed by atoms with Crippen LogP contribution in [0.25, 0.3) is 0 Å². The van der Waals surface area contributed by atoms with Gasteiger partial charge in [0.25, 0.3) is 11.8 Å². The van der Waals surface area contributed by atoms with E-state index in [1.165, 1.54) is 6.20 Å². The SMILES string of the molecule is C#Cc1ccc(C(=O)N2CCN(C(=O)c3cccc(C(C)C)c3)CC2)cn1. The predicted octanol–water partition coefficient (Wildman–Crippen LogP) is 2.78. The molecular weight excluding hydrogens is 338 g/mol. The topological polar surface area (TPSA) is 53.5 Å². The van der Waals surface area contributed by atoms with Gasteiger partial charge in [0.1, 0.15) is 5.69 Å². The summed E-state index contributed by atoms with van der Waals surface area (Å²) >= 11 is 0. The zero-order valence-corrected chi connectivity index (χ0v) is 15.7. The largest absolute Gasteiger partial charge is 0.335 e. The first kappa shape index (κ1) is 18.7. The van der Waals surface area contributed by atoms with Crippen LogP contribution in [-0.2, 0) is 0 Å². The fourth-order valence-corrected chi connectivity index (χ4v) is 3.11. The summed E-state index contributed by atoms with van der Waals surface area (Å²) in [6.45, 7) is 6.27. The van der Waals surface area contributed by atoms with E-state index >= 15 is 0 Å². The van der Waals surface area contributed by atoms with E-state index in [2.05, 4.69) is 24.8 Å². The fourth-order valence-electron chi connectivity index (χ4n) is 3.11. The Labute approximate surface area is 160 Å². The average molecular weight is 361 g/mol. The smallest absolute Gasteiger partial charge is 0.255 e. The van der Waals surface area contributed by atoms with Crippen LogP contribution < -0.4 is 0 Å². The van der Waals surface area contributed by atoms with E-state index in [4.69, 9.17) is 6.42 Å². The second-order valence-corrected chi connectivity index (χ2v) is 6.94. The lowest BCUT2D eigenvalue weighted by Gasteiger charge is -2.35. The van der Waals surface area contributed by atoms with Gasteiger partial charge in [0.05, 0.1) is 5.56 Å². The molecule has 1 fully saturated rings. The van der Waals surface area contributed by atoms with Crippen molar-refractivity contribution in [3.8, 4) is 12.3 Å². The molecule has 0 radical (unpaired) electrons. The third kappa shape index (κ3) is 4.17. The molecule has 1 aliphatic rings. The summed E-state index contributed by atoms with van der Waals surface area (Å²) in [7, 11) is 0. The van der Waals surface area contributed by atoms with E-state index in [1.54, 1.807) is 17.0 Å². The van der Waals surface area contributed by atoms with Gasteiger partial charge in [-0.05, 0) is 35.7 Å². The van der Waals surface area contributed by atoms with E-state index in [1.807, 2.05) is 29.2 Å². The quantitative estimate of drug-likeness (QED) is 0.790. The number of carbonyl (C=O) groups is 2. The van der Waals surface area contributed by atoms with Crippen LogP contribution in [0.15, 0.2) is 42.6 Å². The third-order valence-electron chi connectivity index (χ3n) is 4.81. The van der Waals surface area contributed by atoms with E-state index in [0.29, 0.717) is 48.9 Å². The zero-order chi connectivity index (χ0) is 19.4. The number of amides is 2. The van der Waals surface area contributed by atoms with E-state index in [9.17, 15) is 9.59 Å². The number of nitrogens with zero attached hydrogens (tertiary/aromatic N) is 3. The summed E-state index contributed by atoms with van der Waals surface area (Å²) in [6, 6.07) is 11.1. The molecule has 27 heavy (non-hydrogen) atoms. The van der Waals surface area contributed by atoms with Crippen molar-refractivity contribution in [1.29, 1.82) is 0 Å². The molecule has 3 rings (SSSR count). The maximum atomic E-state index is 12.8. The van der Waals surface area contributed by atoms with E-state index < -0.39 is 0 Å². The maximum Gasteiger partial charge on any atom is 0.255 e. The maximum absolute atomic E-state index is 12.8. The molecule has 2 amide bonds. The molecule has 0 bridgehead atoms. The van der Waals surface area contributed by atoms with Crippen molar-refractivity contribution in [2.24, 2.45) is 0 Å². The molecule has 1 aliphatic heterocycles. The highest BCUT2D eigenvalue weighted by atomic mass is 16.2. The van der Waals surface area contributed by atoms with Crippen molar-refractivity contribution in [3.63, 3.8) is 0 Å². The van der Waals surface area contributed by atoms with Crippen LogP contribution in [0, 0.1) is 12.3 Å². The minimum absolute atomic E-state index is 0.0182. The van der Waals surface area contributed by atoms with Gasteiger partial charge < -0.3 is 9.80 Å². The van der Waals surface area contributed by atoms with Gasteiger partial charge in [0, 0.05) is 37.9 Å². The Bertz CT molecular complexity index is 873. The number of terminal acetylenes is 1. The third-order valence-corrected chi connectivity index (χ3v) is 4.81. The van der Waals surface area contributed by atoms with Crippen molar-refractivity contribution >= 4 is 11.8 Å². The molecule has 5 nitrogen and oxygen atoms in total. The van der Waals surface area contributed by atoms with Crippen molar-refractivity contribution in [3.05, 3.63) is 65.0 Å². The summed E-state index contributed by atoms with van der Waals surface area (Å²) in [4.78, 5) is 33.0. The standard InChI is InChI=1S/C22H23N3O2/c1-4-20-9-8-19(15-23-20)22(27)25-12-10-24(11-13-25)21(26)18-7-5-6-17(14-18)16(2)3/h1,5-9,14-16H,10-13H2,2-3H3. The molecule has 1 aromatic carbocycles. The number of hydrogen-bond donors (Lipinski definition) is 0. The molecule has 5 heteroatoms. The lowest BCUT2D eigenvalue weighted by atomic mass is 10.0. The minimum atomic E-state index is -0.0834. The van der Waals surface area contributed by atoms with Crippen LogP contribution in [0.2, 0.25) is 0 Å². The Balaban J connectivity index is 1.62. The molecular formula is C22H23N3O2. The van der Waals surface area contributed by atoms with Crippen molar-refractivity contribution in [2.75, 3.05) is 26.2 Å². The van der Waals surface area contributed by atoms with E-state index in [-0.39, 0.29) is 11.8 Å². The Morgan fingerprint density at radius 3 is 2.15 bits per heavy atom. The van der Waals surface area contributed by atoms with Gasteiger partial charge in [-0.3, -0.25) is 9.59 Å². The van der Waals surface area contributed by atoms with Crippen LogP contribution in [-0.4, -0.2) is 52.8 Å². The summed E-state index contributed by atoms with van der Waals surface area (Å²) < 4.78 is 0. The highest BCUT2D eigenvalue weighted by Gasteiger charge is 2.25. The highest BCUT2D eigenvalue weighted by molar-refractivity contribution is 5.96. The van der Waals surface area contributed by atoms with Crippen LogP contribution in [0.1, 0.15) is 51.7 Å². The van der Waals surface area contributed by atoms with Gasteiger partial charge in [-0.1, -0.05) is 31.9 Å². The first-order valence-electron chi connectivity index (χ1n) is 9.10. The first-order valence-corrected chi connectivity index (χ1v) is 9.10. The van der Waals surface area contributed by atoms with Crippen molar-refractivity contribution in [1.82, 2.24) is 14.8 Å². The molecule has 1 aromatic heterocycles. The monoisotopic (exact) mass is 361 g/mol. The predicted molar refractivity (Wildman–Crippen MR) is 105 cm³/mol. The van der Waals surface area contributed by atoms with Gasteiger partial charge in [0.15, 0.2) is 0 Å². The van der Waals surface area contributed by atoms with Gasteiger partial charge in [0.2, 0.25) is 0 Å². The molecule has 138 valence electrons. The van der Waals surface area contributed by atoms with Gasteiger partial charge in [-0.15, -0.1) is 6.42 Å². The number of benzene rings is 1. The molecule has 2 heterocycles. The first-order chi connectivity index (χ1) is 13.0. The summed E-state index contributed by atoms with van der Waals surface area (Å²) in [5.41, 5.74) is 2.87. The average Bonchev–Trinajstić information content (AvgIpc) is 2.73. The number of aromatic nitrogens is 1. The molecule has 0 aliphatic carbocycles. The Morgan fingerprint density at radius 2 is 1.63 bits per heavy atom. The Kier molecular flexibility index (Phi) is 5.56. The second kappa shape index (κ2) is 8.05. The van der Waals surface area contributed by atoms with E-state index in [0.717, 1.165) is 5.56 Å². The van der Waals surface area contributed by atoms with Crippen LogP contribution >= 0.6 is 0 Å². The number of pyridine rings is 1.